The van der Waals surface area contributed by atoms with Gasteiger partial charge in [0.05, 0.1) is 9.95 Å². The van der Waals surface area contributed by atoms with Gasteiger partial charge in [0.1, 0.15) is 18.2 Å². The van der Waals surface area contributed by atoms with Gasteiger partial charge in [-0.15, -0.1) is 0 Å². The first-order valence-corrected chi connectivity index (χ1v) is 6.07. The molecule has 0 aromatic heterocycles. The normalized spacial score (nSPS) is 12.2. The second-order valence-electron chi connectivity index (χ2n) is 3.76. The number of nitro groups is 1. The number of rotatable bonds is 6. The van der Waals surface area contributed by atoms with Gasteiger partial charge >= 0.3 is 0 Å². The third-order valence-electron chi connectivity index (χ3n) is 2.38. The smallest absolute Gasteiger partial charge is 0.271 e. The quantitative estimate of drug-likeness (QED) is 0.437. The molecule has 1 aromatic rings. The second-order valence-corrected chi connectivity index (χ2v) is 4.16. The summed E-state index contributed by atoms with van der Waals surface area (Å²) >= 11 is 5.87. The van der Waals surface area contributed by atoms with Gasteiger partial charge in [0, 0.05) is 12.1 Å². The van der Waals surface area contributed by atoms with Crippen LogP contribution in [0.25, 0.3) is 0 Å². The zero-order valence-electron chi connectivity index (χ0n) is 10.8. The van der Waals surface area contributed by atoms with E-state index in [4.69, 9.17) is 16.3 Å². The van der Waals surface area contributed by atoms with E-state index in [1.807, 2.05) is 0 Å². The Hall–Kier alpha value is -2.14. The standard InChI is InChI=1S/C14H13ClFNO3/c1-3-10(7-11(16)4-2)9-20-14-6-5-12(17(18)19)8-13(14)15/h3-8H,1,9H2,2H3/b10-7+,11-4+. The van der Waals surface area contributed by atoms with Crippen molar-refractivity contribution in [1.29, 1.82) is 0 Å². The van der Waals surface area contributed by atoms with Crippen LogP contribution in [0.15, 0.2) is 54.4 Å². The van der Waals surface area contributed by atoms with E-state index < -0.39 is 10.8 Å². The van der Waals surface area contributed by atoms with Gasteiger partial charge in [-0.25, -0.2) is 4.39 Å². The molecule has 0 atom stereocenters. The molecule has 0 spiro atoms. The van der Waals surface area contributed by atoms with Gasteiger partial charge in [0.15, 0.2) is 0 Å². The van der Waals surface area contributed by atoms with Crippen molar-refractivity contribution in [2.45, 2.75) is 6.92 Å². The lowest BCUT2D eigenvalue weighted by atomic mass is 10.2. The van der Waals surface area contributed by atoms with Crippen LogP contribution >= 0.6 is 11.6 Å². The predicted octanol–water partition coefficient (Wildman–Crippen LogP) is 4.61. The van der Waals surface area contributed by atoms with Gasteiger partial charge in [-0.2, -0.15) is 0 Å². The minimum atomic E-state index is -0.549. The number of benzene rings is 1. The lowest BCUT2D eigenvalue weighted by Gasteiger charge is -2.08. The zero-order valence-corrected chi connectivity index (χ0v) is 11.6. The molecule has 106 valence electrons. The van der Waals surface area contributed by atoms with Gasteiger partial charge in [0.25, 0.3) is 5.69 Å². The van der Waals surface area contributed by atoms with Crippen molar-refractivity contribution in [3.05, 3.63) is 69.5 Å². The summed E-state index contributed by atoms with van der Waals surface area (Å²) in [7, 11) is 0. The third kappa shape index (κ3) is 4.51. The molecule has 0 bridgehead atoms. The lowest BCUT2D eigenvalue weighted by molar-refractivity contribution is -0.384. The predicted molar refractivity (Wildman–Crippen MR) is 76.7 cm³/mol. The molecule has 0 aliphatic rings. The first-order valence-electron chi connectivity index (χ1n) is 5.69. The number of halogens is 2. The van der Waals surface area contributed by atoms with Crippen LogP contribution in [0.4, 0.5) is 10.1 Å². The molecular weight excluding hydrogens is 285 g/mol. The summed E-state index contributed by atoms with van der Waals surface area (Å²) < 4.78 is 18.5. The molecule has 0 saturated carbocycles. The molecule has 0 unspecified atom stereocenters. The summed E-state index contributed by atoms with van der Waals surface area (Å²) in [5.74, 6) is -0.121. The molecule has 0 aliphatic heterocycles. The largest absolute Gasteiger partial charge is 0.487 e. The zero-order chi connectivity index (χ0) is 15.1. The highest BCUT2D eigenvalue weighted by Crippen LogP contribution is 2.29. The monoisotopic (exact) mass is 297 g/mol. The molecule has 0 aliphatic carbocycles. The molecule has 20 heavy (non-hydrogen) atoms. The van der Waals surface area contributed by atoms with Crippen molar-refractivity contribution in [1.82, 2.24) is 0 Å². The summed E-state index contributed by atoms with van der Waals surface area (Å²) in [6.07, 6.45) is 4.05. The van der Waals surface area contributed by atoms with E-state index >= 15 is 0 Å². The molecule has 1 rings (SSSR count). The molecular formula is C14H13ClFNO3. The fourth-order valence-electron chi connectivity index (χ4n) is 1.30. The van der Waals surface area contributed by atoms with Crippen molar-refractivity contribution >= 4 is 17.3 Å². The van der Waals surface area contributed by atoms with Crippen molar-refractivity contribution in [3.63, 3.8) is 0 Å². The SMILES string of the molecule is C=C/C(=C\C(F)=C/C)COc1ccc([N+](=O)[O-])cc1Cl. The van der Waals surface area contributed by atoms with Crippen molar-refractivity contribution in [3.8, 4) is 5.75 Å². The summed E-state index contributed by atoms with van der Waals surface area (Å²) in [5, 5.41) is 10.7. The molecule has 0 N–H and O–H groups in total. The number of allylic oxidation sites excluding steroid dienone is 3. The summed E-state index contributed by atoms with van der Waals surface area (Å²) in [6, 6.07) is 3.87. The van der Waals surface area contributed by atoms with Crippen LogP contribution in [-0.4, -0.2) is 11.5 Å². The first-order chi connectivity index (χ1) is 9.47. The van der Waals surface area contributed by atoms with E-state index in [0.717, 1.165) is 0 Å². The summed E-state index contributed by atoms with van der Waals surface area (Å²) in [5.41, 5.74) is 0.400. The number of nitrogens with zero attached hydrogens (tertiary/aromatic N) is 1. The maximum absolute atomic E-state index is 13.1. The Kier molecular flexibility index (Phi) is 5.93. The number of non-ortho nitro benzene ring substituents is 1. The van der Waals surface area contributed by atoms with Crippen LogP contribution in [-0.2, 0) is 0 Å². The highest BCUT2D eigenvalue weighted by atomic mass is 35.5. The molecule has 0 amide bonds. The lowest BCUT2D eigenvalue weighted by Crippen LogP contribution is -2.00. The van der Waals surface area contributed by atoms with Crippen LogP contribution in [0.1, 0.15) is 6.92 Å². The molecule has 0 heterocycles. The molecule has 0 radical (unpaired) electrons. The Bertz CT molecular complexity index is 582. The topological polar surface area (TPSA) is 52.4 Å². The maximum atomic E-state index is 13.1. The van der Waals surface area contributed by atoms with E-state index in [2.05, 4.69) is 6.58 Å². The Balaban J connectivity index is 2.82. The minimum Gasteiger partial charge on any atom is -0.487 e. The second kappa shape index (κ2) is 7.45. The summed E-state index contributed by atoms with van der Waals surface area (Å²) in [6.45, 7) is 5.18. The van der Waals surface area contributed by atoms with Crippen LogP contribution in [0.2, 0.25) is 5.02 Å². The highest BCUT2D eigenvalue weighted by Gasteiger charge is 2.10. The molecule has 0 fully saturated rings. The van der Waals surface area contributed by atoms with E-state index in [1.54, 1.807) is 6.92 Å². The molecule has 4 nitrogen and oxygen atoms in total. The van der Waals surface area contributed by atoms with Crippen LogP contribution in [0.3, 0.4) is 0 Å². The van der Waals surface area contributed by atoms with E-state index in [-0.39, 0.29) is 23.1 Å². The highest BCUT2D eigenvalue weighted by molar-refractivity contribution is 6.32. The van der Waals surface area contributed by atoms with Gasteiger partial charge < -0.3 is 4.74 Å². The van der Waals surface area contributed by atoms with Gasteiger partial charge in [-0.1, -0.05) is 30.3 Å². The number of nitro benzene ring substituents is 1. The van der Waals surface area contributed by atoms with Crippen LogP contribution < -0.4 is 4.74 Å². The van der Waals surface area contributed by atoms with Gasteiger partial charge in [-0.05, 0) is 24.6 Å². The third-order valence-corrected chi connectivity index (χ3v) is 2.68. The molecule has 6 heteroatoms. The molecule has 0 saturated heterocycles. The average molecular weight is 298 g/mol. The fraction of sp³-hybridized carbons (Fsp3) is 0.143. The maximum Gasteiger partial charge on any atom is 0.271 e. The van der Waals surface area contributed by atoms with Crippen molar-refractivity contribution < 1.29 is 14.1 Å². The number of ether oxygens (including phenoxy) is 1. The first kappa shape index (κ1) is 15.9. The molecule has 1 aromatic carbocycles. The fourth-order valence-corrected chi connectivity index (χ4v) is 1.53. The minimum absolute atomic E-state index is 0.0578. The van der Waals surface area contributed by atoms with Crippen LogP contribution in [0.5, 0.6) is 5.75 Å². The van der Waals surface area contributed by atoms with E-state index in [1.165, 1.54) is 36.4 Å². The Morgan fingerprint density at radius 3 is 2.80 bits per heavy atom. The summed E-state index contributed by atoms with van der Waals surface area (Å²) in [4.78, 5) is 10.0. The van der Waals surface area contributed by atoms with Gasteiger partial charge in [-0.3, -0.25) is 10.1 Å². The van der Waals surface area contributed by atoms with Crippen molar-refractivity contribution in [2.75, 3.05) is 6.61 Å². The number of hydrogen-bond donors (Lipinski definition) is 0. The Morgan fingerprint density at radius 2 is 2.30 bits per heavy atom. The van der Waals surface area contributed by atoms with Crippen LogP contribution in [0, 0.1) is 10.1 Å². The van der Waals surface area contributed by atoms with Crippen molar-refractivity contribution in [2.24, 2.45) is 0 Å². The van der Waals surface area contributed by atoms with E-state index in [0.29, 0.717) is 5.57 Å². The number of hydrogen-bond acceptors (Lipinski definition) is 3. The van der Waals surface area contributed by atoms with E-state index in [9.17, 15) is 14.5 Å². The van der Waals surface area contributed by atoms with Gasteiger partial charge in [0.2, 0.25) is 0 Å². The Morgan fingerprint density at radius 1 is 1.60 bits per heavy atom. The Labute approximate surface area is 121 Å². The average Bonchev–Trinajstić information content (AvgIpc) is 2.43.